The molecule has 7 nitrogen and oxygen atoms in total. The van der Waals surface area contributed by atoms with Crippen molar-refractivity contribution < 1.29 is 23.1 Å². The number of anilines is 2. The molecule has 1 aliphatic heterocycles. The summed E-state index contributed by atoms with van der Waals surface area (Å²) in [5.74, 6) is 5.22. The van der Waals surface area contributed by atoms with Crippen molar-refractivity contribution in [2.45, 2.75) is 19.3 Å². The average Bonchev–Trinajstić information content (AvgIpc) is 2.90. The molecule has 1 aromatic heterocycles. The number of halogens is 4. The van der Waals surface area contributed by atoms with Gasteiger partial charge in [0.25, 0.3) is 5.91 Å². The van der Waals surface area contributed by atoms with Crippen LogP contribution in [0.3, 0.4) is 0 Å². The van der Waals surface area contributed by atoms with Crippen molar-refractivity contribution in [3.63, 3.8) is 0 Å². The molecular weight excluding hydrogens is 531 g/mol. The van der Waals surface area contributed by atoms with Crippen LogP contribution in [0, 0.1) is 11.8 Å². The molecule has 1 amide bonds. The zero-order valence-electron chi connectivity index (χ0n) is 21.1. The summed E-state index contributed by atoms with van der Waals surface area (Å²) < 4.78 is 41.7. The maximum atomic E-state index is 13.9. The van der Waals surface area contributed by atoms with E-state index in [0.29, 0.717) is 29.8 Å². The minimum absolute atomic E-state index is 0.0247. The van der Waals surface area contributed by atoms with Crippen LogP contribution in [0.15, 0.2) is 48.7 Å². The molecule has 0 bridgehead atoms. The molecule has 1 fully saturated rings. The van der Waals surface area contributed by atoms with Crippen LogP contribution in [0.5, 0.6) is 0 Å². The third-order valence-electron chi connectivity index (χ3n) is 6.38. The summed E-state index contributed by atoms with van der Waals surface area (Å²) in [6, 6.07) is 9.81. The van der Waals surface area contributed by atoms with Gasteiger partial charge in [0.1, 0.15) is 5.82 Å². The number of rotatable bonds is 5. The van der Waals surface area contributed by atoms with Crippen LogP contribution in [0.25, 0.3) is 0 Å². The summed E-state index contributed by atoms with van der Waals surface area (Å²) in [4.78, 5) is 21.0. The first-order chi connectivity index (χ1) is 18.5. The van der Waals surface area contributed by atoms with Crippen molar-refractivity contribution in [3.8, 4) is 11.8 Å². The SMILES string of the molecule is CN1CCN(Cc2ccc(NC(=O)c3ccc(Cl)c(C#Cc4cc(CO)cnc4N)c3)cc2C(F)(F)F)CC1. The van der Waals surface area contributed by atoms with Crippen LogP contribution in [0.4, 0.5) is 24.7 Å². The summed E-state index contributed by atoms with van der Waals surface area (Å²) in [6.45, 7) is 2.90. The number of benzene rings is 2. The van der Waals surface area contributed by atoms with Crippen LogP contribution in [0.2, 0.25) is 5.02 Å². The predicted molar refractivity (Wildman–Crippen MR) is 144 cm³/mol. The maximum absolute atomic E-state index is 13.9. The van der Waals surface area contributed by atoms with E-state index in [4.69, 9.17) is 17.3 Å². The van der Waals surface area contributed by atoms with Crippen molar-refractivity contribution in [3.05, 3.63) is 87.1 Å². The summed E-state index contributed by atoms with van der Waals surface area (Å²) >= 11 is 6.25. The maximum Gasteiger partial charge on any atom is 0.416 e. The molecule has 1 aliphatic rings. The monoisotopic (exact) mass is 557 g/mol. The summed E-state index contributed by atoms with van der Waals surface area (Å²) in [5, 5.41) is 12.1. The van der Waals surface area contributed by atoms with Gasteiger partial charge in [0.15, 0.2) is 0 Å². The number of alkyl halides is 3. The molecular formula is C28H27ClF3N5O2. The van der Waals surface area contributed by atoms with Crippen molar-refractivity contribution in [2.75, 3.05) is 44.3 Å². The predicted octanol–water partition coefficient (Wildman–Crippen LogP) is 4.23. The highest BCUT2D eigenvalue weighted by atomic mass is 35.5. The molecule has 0 unspecified atom stereocenters. The van der Waals surface area contributed by atoms with Crippen molar-refractivity contribution >= 4 is 29.0 Å². The Kier molecular flexibility index (Phi) is 8.77. The van der Waals surface area contributed by atoms with Gasteiger partial charge in [0.2, 0.25) is 0 Å². The number of aliphatic hydroxyl groups excluding tert-OH is 1. The Hall–Kier alpha value is -3.62. The van der Waals surface area contributed by atoms with Crippen LogP contribution < -0.4 is 11.1 Å². The number of hydrogen-bond donors (Lipinski definition) is 3. The highest BCUT2D eigenvalue weighted by molar-refractivity contribution is 6.32. The standard InChI is InChI=1S/C28H27ClF3N5O2/c1-36-8-10-37(11-9-36)16-22-4-6-23(14-24(22)28(30,31)32)35-27(39)21-5-7-25(29)19(13-21)2-3-20-12-18(17-38)15-34-26(20)33/h4-7,12-15,38H,8-11,16-17H2,1H3,(H2,33,34)(H,35,39). The number of nitrogen functional groups attached to an aromatic ring is 1. The number of hydrogen-bond acceptors (Lipinski definition) is 6. The minimum atomic E-state index is -4.57. The van der Waals surface area contributed by atoms with E-state index < -0.39 is 17.6 Å². The fourth-order valence-corrected chi connectivity index (χ4v) is 4.27. The van der Waals surface area contributed by atoms with Crippen LogP contribution >= 0.6 is 11.6 Å². The summed E-state index contributed by atoms with van der Waals surface area (Å²) in [7, 11) is 1.98. The van der Waals surface area contributed by atoms with E-state index >= 15 is 0 Å². The van der Waals surface area contributed by atoms with Crippen LogP contribution in [-0.4, -0.2) is 59.0 Å². The zero-order valence-corrected chi connectivity index (χ0v) is 21.9. The molecule has 0 aliphatic carbocycles. The van der Waals surface area contributed by atoms with Crippen molar-refractivity contribution in [2.24, 2.45) is 0 Å². The summed E-state index contributed by atoms with van der Waals surface area (Å²) in [6.07, 6.45) is -3.14. The van der Waals surface area contributed by atoms with Gasteiger partial charge in [-0.25, -0.2) is 4.98 Å². The molecule has 0 radical (unpaired) electrons. The number of carbonyl (C=O) groups is 1. The van der Waals surface area contributed by atoms with E-state index in [0.717, 1.165) is 19.2 Å². The molecule has 1 saturated heterocycles. The second kappa shape index (κ2) is 12.1. The first-order valence-electron chi connectivity index (χ1n) is 12.1. The van der Waals surface area contributed by atoms with Crippen LogP contribution in [0.1, 0.15) is 38.2 Å². The minimum Gasteiger partial charge on any atom is -0.392 e. The molecule has 0 atom stereocenters. The average molecular weight is 558 g/mol. The Labute approximate surface area is 229 Å². The number of nitrogens with zero attached hydrogens (tertiary/aromatic N) is 3. The van der Waals surface area contributed by atoms with E-state index in [1.54, 1.807) is 6.07 Å². The lowest BCUT2D eigenvalue weighted by molar-refractivity contribution is -0.138. The summed E-state index contributed by atoms with van der Waals surface area (Å²) in [5.41, 5.74) is 6.63. The molecule has 39 heavy (non-hydrogen) atoms. The number of pyridine rings is 1. The molecule has 3 aromatic rings. The highest BCUT2D eigenvalue weighted by Crippen LogP contribution is 2.35. The quantitative estimate of drug-likeness (QED) is 0.407. The number of nitrogens with one attached hydrogen (secondary N) is 1. The number of carbonyl (C=O) groups excluding carboxylic acids is 1. The normalized spacial score (nSPS) is 14.5. The molecule has 0 saturated carbocycles. The fraction of sp³-hybridized carbons (Fsp3) is 0.286. The third-order valence-corrected chi connectivity index (χ3v) is 6.71. The van der Waals surface area contributed by atoms with Gasteiger partial charge in [-0.1, -0.05) is 29.5 Å². The lowest BCUT2D eigenvalue weighted by Gasteiger charge is -2.33. The molecule has 204 valence electrons. The number of likely N-dealkylation sites (N-methyl/N-ethyl adjacent to an activating group) is 1. The topological polar surface area (TPSA) is 94.7 Å². The molecule has 2 aromatic carbocycles. The van der Waals surface area contributed by atoms with Gasteiger partial charge in [-0.15, -0.1) is 0 Å². The molecule has 4 rings (SSSR count). The van der Waals surface area contributed by atoms with Crippen molar-refractivity contribution in [1.82, 2.24) is 14.8 Å². The van der Waals surface area contributed by atoms with E-state index in [-0.39, 0.29) is 40.8 Å². The molecule has 4 N–H and O–H groups in total. The van der Waals surface area contributed by atoms with E-state index in [9.17, 15) is 23.1 Å². The van der Waals surface area contributed by atoms with Crippen molar-refractivity contribution in [1.29, 1.82) is 0 Å². The Balaban J connectivity index is 1.54. The first kappa shape index (κ1) is 28.4. The number of aliphatic hydroxyl groups is 1. The van der Waals surface area contributed by atoms with E-state index in [1.165, 1.54) is 36.5 Å². The smallest absolute Gasteiger partial charge is 0.392 e. The van der Waals surface area contributed by atoms with E-state index in [2.05, 4.69) is 27.0 Å². The molecule has 11 heteroatoms. The molecule has 2 heterocycles. The Morgan fingerprint density at radius 2 is 1.82 bits per heavy atom. The van der Waals surface area contributed by atoms with Gasteiger partial charge in [0, 0.05) is 55.7 Å². The lowest BCUT2D eigenvalue weighted by atomic mass is 10.0. The number of nitrogens with two attached hydrogens (primary N) is 1. The van der Waals surface area contributed by atoms with Gasteiger partial charge >= 0.3 is 6.18 Å². The second-order valence-corrected chi connectivity index (χ2v) is 9.69. The number of amides is 1. The number of piperazine rings is 1. The van der Waals surface area contributed by atoms with E-state index in [1.807, 2.05) is 11.9 Å². The van der Waals surface area contributed by atoms with Crippen LogP contribution in [-0.2, 0) is 19.3 Å². The van der Waals surface area contributed by atoms with Gasteiger partial charge in [-0.05, 0) is 54.6 Å². The highest BCUT2D eigenvalue weighted by Gasteiger charge is 2.34. The van der Waals surface area contributed by atoms with Gasteiger partial charge in [-0.2, -0.15) is 13.2 Å². The first-order valence-corrected chi connectivity index (χ1v) is 12.5. The zero-order chi connectivity index (χ0) is 28.2. The second-order valence-electron chi connectivity index (χ2n) is 9.28. The molecule has 0 spiro atoms. The Morgan fingerprint density at radius 1 is 1.10 bits per heavy atom. The van der Waals surface area contributed by atoms with Gasteiger partial charge < -0.3 is 21.1 Å². The lowest BCUT2D eigenvalue weighted by Crippen LogP contribution is -2.44. The number of aromatic nitrogens is 1. The Bertz CT molecular complexity index is 1430. The largest absolute Gasteiger partial charge is 0.416 e. The van der Waals surface area contributed by atoms with Gasteiger partial charge in [-0.3, -0.25) is 9.69 Å². The third kappa shape index (κ3) is 7.28. The van der Waals surface area contributed by atoms with Gasteiger partial charge in [0.05, 0.1) is 22.8 Å². The fourth-order valence-electron chi connectivity index (χ4n) is 4.11. The Morgan fingerprint density at radius 3 is 2.51 bits per heavy atom.